The van der Waals surface area contributed by atoms with Crippen LogP contribution < -0.4 is 10.1 Å². The van der Waals surface area contributed by atoms with E-state index in [4.69, 9.17) is 4.74 Å². The number of hydrogen-bond acceptors (Lipinski definition) is 3. The van der Waals surface area contributed by atoms with Gasteiger partial charge in [0.2, 0.25) is 0 Å². The van der Waals surface area contributed by atoms with E-state index >= 15 is 0 Å². The summed E-state index contributed by atoms with van der Waals surface area (Å²) < 4.78 is 18.8. The molecule has 0 aliphatic carbocycles. The van der Waals surface area contributed by atoms with Crippen LogP contribution in [0.3, 0.4) is 0 Å². The zero-order valence-corrected chi connectivity index (χ0v) is 11.8. The maximum atomic E-state index is 13.1. The van der Waals surface area contributed by atoms with Crippen molar-refractivity contribution in [2.24, 2.45) is 0 Å². The summed E-state index contributed by atoms with van der Waals surface area (Å²) in [6.07, 6.45) is 1.47. The van der Waals surface area contributed by atoms with Gasteiger partial charge in [-0.2, -0.15) is 0 Å². The largest absolute Gasteiger partial charge is 0.488 e. The van der Waals surface area contributed by atoms with Crippen molar-refractivity contribution in [3.05, 3.63) is 29.6 Å². The molecule has 0 saturated carbocycles. The van der Waals surface area contributed by atoms with Crippen LogP contribution in [0, 0.1) is 5.82 Å². The van der Waals surface area contributed by atoms with Gasteiger partial charge in [0.25, 0.3) is 0 Å². The average molecular weight is 281 g/mol. The molecule has 2 N–H and O–H groups in total. The van der Waals surface area contributed by atoms with E-state index in [-0.39, 0.29) is 11.9 Å². The Morgan fingerprint density at radius 3 is 2.80 bits per heavy atom. The van der Waals surface area contributed by atoms with Gasteiger partial charge in [0, 0.05) is 18.5 Å². The summed E-state index contributed by atoms with van der Waals surface area (Å²) in [4.78, 5) is 11.4. The molecule has 1 atom stereocenters. The van der Waals surface area contributed by atoms with Gasteiger partial charge in [-0.1, -0.05) is 13.8 Å². The SMILES string of the molecule is CCC(CC)(NCC1Cc2cc(F)ccc2O1)C(=O)O. The molecule has 0 fully saturated rings. The maximum Gasteiger partial charge on any atom is 0.323 e. The minimum absolute atomic E-state index is 0.149. The first-order chi connectivity index (χ1) is 9.50. The van der Waals surface area contributed by atoms with E-state index in [0.29, 0.717) is 31.6 Å². The normalized spacial score (nSPS) is 17.6. The predicted molar refractivity (Wildman–Crippen MR) is 73.5 cm³/mol. The molecule has 2 rings (SSSR count). The Labute approximate surface area is 117 Å². The van der Waals surface area contributed by atoms with Crippen LogP contribution in [-0.2, 0) is 11.2 Å². The molecule has 1 aliphatic rings. The van der Waals surface area contributed by atoms with Gasteiger partial charge in [-0.05, 0) is 31.0 Å². The standard InChI is InChI=1S/C15H20FNO3/c1-3-15(4-2,14(18)19)17-9-12-8-10-7-11(16)5-6-13(10)20-12/h5-7,12,17H,3-4,8-9H2,1-2H3,(H,18,19). The molecule has 1 heterocycles. The van der Waals surface area contributed by atoms with E-state index < -0.39 is 11.5 Å². The van der Waals surface area contributed by atoms with Gasteiger partial charge >= 0.3 is 5.97 Å². The second-order valence-electron chi connectivity index (χ2n) is 5.17. The molecule has 20 heavy (non-hydrogen) atoms. The number of nitrogens with one attached hydrogen (secondary N) is 1. The minimum Gasteiger partial charge on any atom is -0.488 e. The summed E-state index contributed by atoms with van der Waals surface area (Å²) in [7, 11) is 0. The molecule has 0 radical (unpaired) electrons. The highest BCUT2D eigenvalue weighted by molar-refractivity contribution is 5.78. The van der Waals surface area contributed by atoms with E-state index in [2.05, 4.69) is 5.32 Å². The van der Waals surface area contributed by atoms with Gasteiger partial charge in [0.15, 0.2) is 0 Å². The third-order valence-electron chi connectivity index (χ3n) is 4.05. The Morgan fingerprint density at radius 2 is 2.20 bits per heavy atom. The molecule has 5 heteroatoms. The fourth-order valence-corrected chi connectivity index (χ4v) is 2.59. The molecule has 1 aliphatic heterocycles. The first-order valence-corrected chi connectivity index (χ1v) is 6.94. The maximum absolute atomic E-state index is 13.1. The monoisotopic (exact) mass is 281 g/mol. The summed E-state index contributed by atoms with van der Waals surface area (Å²) in [5.41, 5.74) is -0.0747. The van der Waals surface area contributed by atoms with Crippen molar-refractivity contribution in [1.82, 2.24) is 5.32 Å². The Morgan fingerprint density at radius 1 is 1.50 bits per heavy atom. The lowest BCUT2D eigenvalue weighted by atomic mass is 9.92. The number of carboxylic acid groups (broad SMARTS) is 1. The third-order valence-corrected chi connectivity index (χ3v) is 4.05. The number of rotatable bonds is 6. The van der Waals surface area contributed by atoms with Crippen molar-refractivity contribution in [1.29, 1.82) is 0 Å². The number of aliphatic carboxylic acids is 1. The second kappa shape index (κ2) is 5.79. The number of hydrogen-bond donors (Lipinski definition) is 2. The van der Waals surface area contributed by atoms with E-state index in [1.165, 1.54) is 12.1 Å². The average Bonchev–Trinajstić information content (AvgIpc) is 2.82. The highest BCUT2D eigenvalue weighted by Crippen LogP contribution is 2.29. The summed E-state index contributed by atoms with van der Waals surface area (Å²) in [5, 5.41) is 12.5. The molecule has 0 amide bonds. The number of carboxylic acids is 1. The van der Waals surface area contributed by atoms with Gasteiger partial charge in [0.05, 0.1) is 0 Å². The van der Waals surface area contributed by atoms with Crippen molar-refractivity contribution in [3.63, 3.8) is 0 Å². The first kappa shape index (κ1) is 14.8. The molecule has 4 nitrogen and oxygen atoms in total. The summed E-state index contributed by atoms with van der Waals surface area (Å²) >= 11 is 0. The molecule has 0 spiro atoms. The van der Waals surface area contributed by atoms with Crippen LogP contribution in [0.2, 0.25) is 0 Å². The van der Waals surface area contributed by atoms with Crippen molar-refractivity contribution in [2.45, 2.75) is 44.8 Å². The number of benzene rings is 1. The molecular formula is C15H20FNO3. The van der Waals surface area contributed by atoms with E-state index in [9.17, 15) is 14.3 Å². The molecule has 0 aromatic heterocycles. The van der Waals surface area contributed by atoms with Gasteiger partial charge in [0.1, 0.15) is 23.2 Å². The van der Waals surface area contributed by atoms with E-state index in [1.54, 1.807) is 6.07 Å². The minimum atomic E-state index is -0.913. The van der Waals surface area contributed by atoms with Crippen molar-refractivity contribution < 1.29 is 19.0 Å². The highest BCUT2D eigenvalue weighted by atomic mass is 19.1. The highest BCUT2D eigenvalue weighted by Gasteiger charge is 2.35. The van der Waals surface area contributed by atoms with Crippen LogP contribution in [0.5, 0.6) is 5.75 Å². The Hall–Kier alpha value is -1.62. The molecule has 110 valence electrons. The van der Waals surface area contributed by atoms with Crippen LogP contribution in [0.25, 0.3) is 0 Å². The lowest BCUT2D eigenvalue weighted by molar-refractivity contribution is -0.145. The zero-order valence-electron chi connectivity index (χ0n) is 11.8. The smallest absolute Gasteiger partial charge is 0.323 e. The third kappa shape index (κ3) is 2.77. The van der Waals surface area contributed by atoms with Crippen LogP contribution in [-0.4, -0.2) is 29.3 Å². The molecule has 1 aromatic carbocycles. The fourth-order valence-electron chi connectivity index (χ4n) is 2.59. The quantitative estimate of drug-likeness (QED) is 0.840. The molecular weight excluding hydrogens is 261 g/mol. The van der Waals surface area contributed by atoms with Gasteiger partial charge < -0.3 is 9.84 Å². The number of ether oxygens (including phenoxy) is 1. The molecule has 0 bridgehead atoms. The molecule has 0 saturated heterocycles. The number of fused-ring (bicyclic) bond motifs is 1. The number of carbonyl (C=O) groups is 1. The van der Waals surface area contributed by atoms with Gasteiger partial charge in [-0.25, -0.2) is 4.39 Å². The summed E-state index contributed by atoms with van der Waals surface area (Å²) in [6, 6.07) is 4.46. The Kier molecular flexibility index (Phi) is 4.28. The summed E-state index contributed by atoms with van der Waals surface area (Å²) in [5.74, 6) is -0.431. The molecule has 1 aromatic rings. The topological polar surface area (TPSA) is 58.6 Å². The lowest BCUT2D eigenvalue weighted by Crippen LogP contribution is -2.53. The fraction of sp³-hybridized carbons (Fsp3) is 0.533. The second-order valence-corrected chi connectivity index (χ2v) is 5.17. The number of halogens is 1. The van der Waals surface area contributed by atoms with E-state index in [1.807, 2.05) is 13.8 Å². The predicted octanol–water partition coefficient (Wildman–Crippen LogP) is 2.36. The first-order valence-electron chi connectivity index (χ1n) is 6.94. The summed E-state index contributed by atoms with van der Waals surface area (Å²) in [6.45, 7) is 4.14. The van der Waals surface area contributed by atoms with Crippen molar-refractivity contribution >= 4 is 5.97 Å². The van der Waals surface area contributed by atoms with Crippen molar-refractivity contribution in [2.75, 3.05) is 6.54 Å². The van der Waals surface area contributed by atoms with Gasteiger partial charge in [-0.3, -0.25) is 10.1 Å². The van der Waals surface area contributed by atoms with Crippen molar-refractivity contribution in [3.8, 4) is 5.75 Å². The zero-order chi connectivity index (χ0) is 14.8. The lowest BCUT2D eigenvalue weighted by Gasteiger charge is -2.29. The Bertz CT molecular complexity index is 500. The molecule has 1 unspecified atom stereocenters. The van der Waals surface area contributed by atoms with Crippen LogP contribution in [0.15, 0.2) is 18.2 Å². The van der Waals surface area contributed by atoms with E-state index in [0.717, 1.165) is 5.56 Å². The van der Waals surface area contributed by atoms with Crippen LogP contribution >= 0.6 is 0 Å². The van der Waals surface area contributed by atoms with Crippen LogP contribution in [0.4, 0.5) is 4.39 Å². The Balaban J connectivity index is 1.98. The van der Waals surface area contributed by atoms with Crippen LogP contribution in [0.1, 0.15) is 32.3 Å². The van der Waals surface area contributed by atoms with Gasteiger partial charge in [-0.15, -0.1) is 0 Å².